The monoisotopic (exact) mass is 294 g/mol. The van der Waals surface area contributed by atoms with Crippen LogP contribution in [0.4, 0.5) is 5.69 Å². The number of furan rings is 1. The summed E-state index contributed by atoms with van der Waals surface area (Å²) in [6, 6.07) is 17.3. The number of para-hydroxylation sites is 1. The van der Waals surface area contributed by atoms with Gasteiger partial charge in [-0.15, -0.1) is 0 Å². The average Bonchev–Trinajstić information content (AvgIpc) is 2.95. The Morgan fingerprint density at radius 2 is 1.82 bits per heavy atom. The summed E-state index contributed by atoms with van der Waals surface area (Å²) in [5.74, 6) is 0.644. The zero-order chi connectivity index (χ0) is 15.5. The first-order valence-corrected chi connectivity index (χ1v) is 7.16. The second-order valence-corrected chi connectivity index (χ2v) is 5.37. The molecule has 0 aliphatic heterocycles. The smallest absolute Gasteiger partial charge is 0.251 e. The molecular weight excluding hydrogens is 276 g/mol. The summed E-state index contributed by atoms with van der Waals surface area (Å²) in [6.07, 6.45) is 0. The van der Waals surface area contributed by atoms with E-state index in [2.05, 4.69) is 5.32 Å². The number of amides is 1. The summed E-state index contributed by atoms with van der Waals surface area (Å²) in [7, 11) is 3.94. The molecule has 112 valence electrons. The molecule has 22 heavy (non-hydrogen) atoms. The van der Waals surface area contributed by atoms with E-state index in [9.17, 15) is 4.79 Å². The van der Waals surface area contributed by atoms with Crippen LogP contribution in [0.2, 0.25) is 0 Å². The standard InChI is InChI=1S/C18H18N2O2/c1-20(2)15-9-7-13(8-10-15)18(21)19-12-16-11-14-5-3-4-6-17(14)22-16/h3-11H,12H2,1-2H3,(H,19,21). The Hall–Kier alpha value is -2.75. The number of fused-ring (bicyclic) bond motifs is 1. The molecule has 1 N–H and O–H groups in total. The van der Waals surface area contributed by atoms with E-state index in [0.29, 0.717) is 12.1 Å². The molecule has 0 spiro atoms. The SMILES string of the molecule is CN(C)c1ccc(C(=O)NCc2cc3ccccc3o2)cc1. The van der Waals surface area contributed by atoms with Crippen LogP contribution < -0.4 is 10.2 Å². The normalized spacial score (nSPS) is 10.6. The van der Waals surface area contributed by atoms with Crippen LogP contribution >= 0.6 is 0 Å². The van der Waals surface area contributed by atoms with Crippen molar-refractivity contribution in [3.05, 3.63) is 65.9 Å². The summed E-state index contributed by atoms with van der Waals surface area (Å²) in [4.78, 5) is 14.1. The third-order valence-corrected chi connectivity index (χ3v) is 3.55. The Morgan fingerprint density at radius 3 is 2.50 bits per heavy atom. The lowest BCUT2D eigenvalue weighted by molar-refractivity contribution is 0.0948. The average molecular weight is 294 g/mol. The molecule has 3 rings (SSSR count). The van der Waals surface area contributed by atoms with E-state index in [-0.39, 0.29) is 5.91 Å². The fraction of sp³-hybridized carbons (Fsp3) is 0.167. The largest absolute Gasteiger partial charge is 0.459 e. The molecule has 0 aliphatic rings. The lowest BCUT2D eigenvalue weighted by atomic mass is 10.2. The molecule has 1 heterocycles. The van der Waals surface area contributed by atoms with Crippen molar-refractivity contribution in [2.75, 3.05) is 19.0 Å². The Labute approximate surface area is 129 Å². The van der Waals surface area contributed by atoms with Crippen LogP contribution in [0.15, 0.2) is 59.0 Å². The van der Waals surface area contributed by atoms with E-state index in [1.807, 2.05) is 73.6 Å². The maximum atomic E-state index is 12.1. The van der Waals surface area contributed by atoms with Crippen molar-refractivity contribution in [3.8, 4) is 0 Å². The minimum atomic E-state index is -0.106. The number of nitrogens with zero attached hydrogens (tertiary/aromatic N) is 1. The van der Waals surface area contributed by atoms with Gasteiger partial charge in [-0.05, 0) is 36.4 Å². The number of benzene rings is 2. The zero-order valence-electron chi connectivity index (χ0n) is 12.7. The van der Waals surface area contributed by atoms with Crippen LogP contribution in [-0.2, 0) is 6.54 Å². The highest BCUT2D eigenvalue weighted by atomic mass is 16.3. The van der Waals surface area contributed by atoms with Gasteiger partial charge in [-0.1, -0.05) is 18.2 Å². The van der Waals surface area contributed by atoms with Gasteiger partial charge in [0, 0.05) is 30.7 Å². The molecule has 0 atom stereocenters. The highest BCUT2D eigenvalue weighted by Crippen LogP contribution is 2.18. The van der Waals surface area contributed by atoms with Gasteiger partial charge in [0.15, 0.2) is 0 Å². The summed E-state index contributed by atoms with van der Waals surface area (Å²) in [6.45, 7) is 0.378. The van der Waals surface area contributed by atoms with E-state index in [1.54, 1.807) is 0 Å². The molecule has 1 amide bonds. The summed E-state index contributed by atoms with van der Waals surface area (Å²) in [5.41, 5.74) is 2.54. The van der Waals surface area contributed by atoms with E-state index in [0.717, 1.165) is 22.4 Å². The first-order chi connectivity index (χ1) is 10.6. The van der Waals surface area contributed by atoms with Crippen molar-refractivity contribution in [2.45, 2.75) is 6.54 Å². The van der Waals surface area contributed by atoms with Gasteiger partial charge in [-0.3, -0.25) is 4.79 Å². The zero-order valence-corrected chi connectivity index (χ0v) is 12.7. The number of carbonyl (C=O) groups excluding carboxylic acids is 1. The third kappa shape index (κ3) is 2.96. The van der Waals surface area contributed by atoms with Crippen LogP contribution in [0.1, 0.15) is 16.1 Å². The number of nitrogens with one attached hydrogen (secondary N) is 1. The molecule has 1 aromatic heterocycles. The summed E-state index contributed by atoms with van der Waals surface area (Å²) >= 11 is 0. The first-order valence-electron chi connectivity index (χ1n) is 7.16. The maximum absolute atomic E-state index is 12.1. The molecule has 0 saturated heterocycles. The van der Waals surface area contributed by atoms with Gasteiger partial charge >= 0.3 is 0 Å². The fourth-order valence-corrected chi connectivity index (χ4v) is 2.30. The van der Waals surface area contributed by atoms with Crippen LogP contribution in [0, 0.1) is 0 Å². The van der Waals surface area contributed by atoms with Gasteiger partial charge in [0.05, 0.1) is 6.54 Å². The van der Waals surface area contributed by atoms with E-state index in [1.165, 1.54) is 0 Å². The van der Waals surface area contributed by atoms with Crippen LogP contribution in [0.25, 0.3) is 11.0 Å². The minimum absolute atomic E-state index is 0.106. The van der Waals surface area contributed by atoms with Crippen LogP contribution in [0.5, 0.6) is 0 Å². The molecule has 0 saturated carbocycles. The summed E-state index contributed by atoms with van der Waals surface area (Å²) < 4.78 is 5.68. The predicted octanol–water partition coefficient (Wildman–Crippen LogP) is 3.43. The Balaban J connectivity index is 1.66. The highest BCUT2D eigenvalue weighted by Gasteiger charge is 2.08. The quantitative estimate of drug-likeness (QED) is 0.802. The molecule has 0 fully saturated rings. The molecule has 0 bridgehead atoms. The predicted molar refractivity (Wildman–Crippen MR) is 88.2 cm³/mol. The van der Waals surface area contributed by atoms with Gasteiger partial charge in [-0.25, -0.2) is 0 Å². The van der Waals surface area contributed by atoms with Crippen molar-refractivity contribution >= 4 is 22.6 Å². The topological polar surface area (TPSA) is 45.5 Å². The molecule has 4 heteroatoms. The molecule has 3 aromatic rings. The van der Waals surface area contributed by atoms with E-state index < -0.39 is 0 Å². The van der Waals surface area contributed by atoms with Gasteiger partial charge in [0.2, 0.25) is 0 Å². The third-order valence-electron chi connectivity index (χ3n) is 3.55. The molecule has 0 unspecified atom stereocenters. The van der Waals surface area contributed by atoms with Crippen molar-refractivity contribution in [3.63, 3.8) is 0 Å². The lowest BCUT2D eigenvalue weighted by Crippen LogP contribution is -2.22. The van der Waals surface area contributed by atoms with Crippen molar-refractivity contribution in [2.24, 2.45) is 0 Å². The number of rotatable bonds is 4. The van der Waals surface area contributed by atoms with Crippen molar-refractivity contribution in [1.82, 2.24) is 5.32 Å². The van der Waals surface area contributed by atoms with Crippen LogP contribution in [0.3, 0.4) is 0 Å². The van der Waals surface area contributed by atoms with Gasteiger partial charge in [0.1, 0.15) is 11.3 Å². The number of carbonyl (C=O) groups is 1. The molecular formula is C18H18N2O2. The van der Waals surface area contributed by atoms with Gasteiger partial charge in [-0.2, -0.15) is 0 Å². The maximum Gasteiger partial charge on any atom is 0.251 e. The Bertz CT molecular complexity index is 755. The minimum Gasteiger partial charge on any atom is -0.459 e. The van der Waals surface area contributed by atoms with E-state index >= 15 is 0 Å². The fourth-order valence-electron chi connectivity index (χ4n) is 2.30. The molecule has 0 radical (unpaired) electrons. The molecule has 0 aliphatic carbocycles. The second kappa shape index (κ2) is 5.93. The first kappa shape index (κ1) is 14.2. The molecule has 4 nitrogen and oxygen atoms in total. The number of anilines is 1. The lowest BCUT2D eigenvalue weighted by Gasteiger charge is -2.12. The van der Waals surface area contributed by atoms with E-state index in [4.69, 9.17) is 4.42 Å². The number of hydrogen-bond donors (Lipinski definition) is 1. The Morgan fingerprint density at radius 1 is 1.09 bits per heavy atom. The Kier molecular flexibility index (Phi) is 3.83. The van der Waals surface area contributed by atoms with Crippen molar-refractivity contribution in [1.29, 1.82) is 0 Å². The van der Waals surface area contributed by atoms with Gasteiger partial charge < -0.3 is 14.6 Å². The second-order valence-electron chi connectivity index (χ2n) is 5.37. The number of hydrogen-bond acceptors (Lipinski definition) is 3. The highest BCUT2D eigenvalue weighted by molar-refractivity contribution is 5.94. The van der Waals surface area contributed by atoms with Crippen LogP contribution in [-0.4, -0.2) is 20.0 Å². The van der Waals surface area contributed by atoms with Crippen molar-refractivity contribution < 1.29 is 9.21 Å². The molecule has 2 aromatic carbocycles. The summed E-state index contributed by atoms with van der Waals surface area (Å²) in [5, 5.41) is 3.92. The van der Waals surface area contributed by atoms with Gasteiger partial charge in [0.25, 0.3) is 5.91 Å².